The van der Waals surface area contributed by atoms with Crippen molar-refractivity contribution in [1.29, 1.82) is 0 Å². The van der Waals surface area contributed by atoms with E-state index in [4.69, 9.17) is 0 Å². The first-order chi connectivity index (χ1) is 10.2. The third-order valence-electron chi connectivity index (χ3n) is 4.52. The maximum atomic E-state index is 12.6. The molecule has 7 heteroatoms. The molecule has 0 bridgehead atoms. The molecule has 0 aromatic carbocycles. The van der Waals surface area contributed by atoms with E-state index in [1.54, 1.807) is 28.9 Å². The van der Waals surface area contributed by atoms with Gasteiger partial charge in [0, 0.05) is 44.7 Å². The second-order valence-corrected chi connectivity index (χ2v) is 10.1. The van der Waals surface area contributed by atoms with Crippen LogP contribution in [0.1, 0.15) is 38.6 Å². The summed E-state index contributed by atoms with van der Waals surface area (Å²) in [6, 6.07) is 0. The van der Waals surface area contributed by atoms with Gasteiger partial charge in [-0.3, -0.25) is 0 Å². The Labute approximate surface area is 138 Å². The molecule has 0 amide bonds. The van der Waals surface area contributed by atoms with Gasteiger partial charge in [0.05, 0.1) is 5.01 Å². The van der Waals surface area contributed by atoms with Gasteiger partial charge < -0.3 is 0 Å². The molecule has 2 heterocycles. The monoisotopic (exact) mass is 345 g/mol. The first kappa shape index (κ1) is 17.8. The summed E-state index contributed by atoms with van der Waals surface area (Å²) in [5.74, 6) is 0.597. The molecule has 0 N–H and O–H groups in total. The van der Waals surface area contributed by atoms with Crippen LogP contribution in [-0.2, 0) is 16.6 Å². The predicted octanol–water partition coefficient (Wildman–Crippen LogP) is 2.62. The highest BCUT2D eigenvalue weighted by Crippen LogP contribution is 2.35. The lowest BCUT2D eigenvalue weighted by atomic mass is 9.76. The lowest BCUT2D eigenvalue weighted by molar-refractivity contribution is 0.150. The van der Waals surface area contributed by atoms with Crippen LogP contribution in [0.3, 0.4) is 0 Å². The minimum atomic E-state index is -3.34. The van der Waals surface area contributed by atoms with Crippen LogP contribution in [0.15, 0.2) is 11.6 Å². The van der Waals surface area contributed by atoms with Crippen molar-refractivity contribution in [3.63, 3.8) is 0 Å². The summed E-state index contributed by atoms with van der Waals surface area (Å²) in [7, 11) is -1.68. The zero-order chi connectivity index (χ0) is 16.4. The minimum absolute atomic E-state index is 0.257. The molecule has 126 valence electrons. The van der Waals surface area contributed by atoms with Gasteiger partial charge in [-0.2, -0.15) is 17.0 Å². The molecule has 0 aliphatic carbocycles. The molecule has 0 radical (unpaired) electrons. The minimum Gasteiger partial charge on any atom is -0.250 e. The third kappa shape index (κ3) is 4.28. The number of rotatable bonds is 5. The summed E-state index contributed by atoms with van der Waals surface area (Å²) in [5.41, 5.74) is 0.257. The normalized spacial score (nSPS) is 19.0. The van der Waals surface area contributed by atoms with Crippen LogP contribution in [0.25, 0.3) is 0 Å². The van der Waals surface area contributed by atoms with Gasteiger partial charge in [-0.1, -0.05) is 20.8 Å². The highest BCUT2D eigenvalue weighted by molar-refractivity contribution is 7.86. The predicted molar refractivity (Wildman–Crippen MR) is 91.1 cm³/mol. The van der Waals surface area contributed by atoms with Crippen LogP contribution in [-0.4, -0.2) is 48.7 Å². The third-order valence-corrected chi connectivity index (χ3v) is 7.35. The SMILES string of the molecule is CN(CCc1nccs1)S(=O)(=O)N1CCC(C(C)(C)C)CC1. The van der Waals surface area contributed by atoms with E-state index in [1.807, 2.05) is 5.38 Å². The van der Waals surface area contributed by atoms with E-state index in [0.717, 1.165) is 17.8 Å². The number of piperidine rings is 1. The Balaban J connectivity index is 1.90. The van der Waals surface area contributed by atoms with E-state index in [1.165, 1.54) is 4.31 Å². The van der Waals surface area contributed by atoms with Gasteiger partial charge >= 0.3 is 0 Å². The van der Waals surface area contributed by atoms with Crippen molar-refractivity contribution in [3.8, 4) is 0 Å². The molecule has 0 saturated carbocycles. The standard InChI is InChI=1S/C15H27N3O2S2/c1-15(2,3)13-5-10-18(11-6-13)22(19,20)17(4)9-7-14-16-8-12-21-14/h8,12-13H,5-7,9-11H2,1-4H3. The van der Waals surface area contributed by atoms with Crippen molar-refractivity contribution >= 4 is 21.5 Å². The number of likely N-dealkylation sites (N-methyl/N-ethyl adjacent to an activating group) is 1. The van der Waals surface area contributed by atoms with Gasteiger partial charge in [0.1, 0.15) is 0 Å². The summed E-state index contributed by atoms with van der Waals surface area (Å²) < 4.78 is 28.4. The highest BCUT2D eigenvalue weighted by Gasteiger charge is 2.34. The molecule has 1 aliphatic rings. The Morgan fingerprint density at radius 1 is 1.36 bits per heavy atom. The maximum absolute atomic E-state index is 12.6. The molecular weight excluding hydrogens is 318 g/mol. The molecule has 1 aromatic heterocycles. The van der Waals surface area contributed by atoms with E-state index in [-0.39, 0.29) is 5.41 Å². The second-order valence-electron chi connectivity index (χ2n) is 7.04. The first-order valence-electron chi connectivity index (χ1n) is 7.81. The van der Waals surface area contributed by atoms with Crippen LogP contribution >= 0.6 is 11.3 Å². The molecule has 22 heavy (non-hydrogen) atoms. The van der Waals surface area contributed by atoms with Crippen molar-refractivity contribution in [2.45, 2.75) is 40.0 Å². The number of hydrogen-bond acceptors (Lipinski definition) is 4. The maximum Gasteiger partial charge on any atom is 0.281 e. The molecule has 2 rings (SSSR count). The number of hydrogen-bond donors (Lipinski definition) is 0. The molecule has 1 saturated heterocycles. The average molecular weight is 346 g/mol. The number of thiazole rings is 1. The van der Waals surface area contributed by atoms with Crippen molar-refractivity contribution in [1.82, 2.24) is 13.6 Å². The average Bonchev–Trinajstić information content (AvgIpc) is 2.97. The van der Waals surface area contributed by atoms with Gasteiger partial charge in [0.2, 0.25) is 0 Å². The van der Waals surface area contributed by atoms with Crippen molar-refractivity contribution in [2.24, 2.45) is 11.3 Å². The van der Waals surface area contributed by atoms with E-state index >= 15 is 0 Å². The summed E-state index contributed by atoms with van der Waals surface area (Å²) in [5, 5.41) is 2.90. The molecule has 5 nitrogen and oxygen atoms in total. The Morgan fingerprint density at radius 3 is 2.50 bits per heavy atom. The Morgan fingerprint density at radius 2 is 2.00 bits per heavy atom. The molecule has 1 aliphatic heterocycles. The molecule has 0 unspecified atom stereocenters. The topological polar surface area (TPSA) is 53.5 Å². The van der Waals surface area contributed by atoms with E-state index < -0.39 is 10.2 Å². The fraction of sp³-hybridized carbons (Fsp3) is 0.800. The van der Waals surface area contributed by atoms with Crippen LogP contribution in [0.2, 0.25) is 0 Å². The quantitative estimate of drug-likeness (QED) is 0.824. The Kier molecular flexibility index (Phi) is 5.63. The van der Waals surface area contributed by atoms with E-state index in [2.05, 4.69) is 25.8 Å². The van der Waals surface area contributed by atoms with Crippen LogP contribution in [0.4, 0.5) is 0 Å². The van der Waals surface area contributed by atoms with Crippen molar-refractivity contribution in [3.05, 3.63) is 16.6 Å². The molecule has 1 aromatic rings. The summed E-state index contributed by atoms with van der Waals surface area (Å²) >= 11 is 1.57. The molecule has 0 atom stereocenters. The summed E-state index contributed by atoms with van der Waals surface area (Å²) in [4.78, 5) is 4.20. The zero-order valence-corrected chi connectivity index (χ0v) is 15.6. The summed E-state index contributed by atoms with van der Waals surface area (Å²) in [6.45, 7) is 8.46. The fourth-order valence-corrected chi connectivity index (χ4v) is 4.89. The fourth-order valence-electron chi connectivity index (χ4n) is 2.89. The second kappa shape index (κ2) is 6.95. The smallest absolute Gasteiger partial charge is 0.250 e. The van der Waals surface area contributed by atoms with Crippen LogP contribution in [0.5, 0.6) is 0 Å². The van der Waals surface area contributed by atoms with Gasteiger partial charge in [-0.25, -0.2) is 4.98 Å². The van der Waals surface area contributed by atoms with Crippen molar-refractivity contribution < 1.29 is 8.42 Å². The molecule has 1 fully saturated rings. The van der Waals surface area contributed by atoms with E-state index in [9.17, 15) is 8.42 Å². The Hall–Kier alpha value is -0.500. The highest BCUT2D eigenvalue weighted by atomic mass is 32.2. The van der Waals surface area contributed by atoms with Crippen LogP contribution < -0.4 is 0 Å². The van der Waals surface area contributed by atoms with Gasteiger partial charge in [0.15, 0.2) is 0 Å². The summed E-state index contributed by atoms with van der Waals surface area (Å²) in [6.07, 6.45) is 4.32. The van der Waals surface area contributed by atoms with Gasteiger partial charge in [-0.05, 0) is 24.2 Å². The van der Waals surface area contributed by atoms with Gasteiger partial charge in [0.25, 0.3) is 10.2 Å². The van der Waals surface area contributed by atoms with Crippen molar-refractivity contribution in [2.75, 3.05) is 26.7 Å². The zero-order valence-electron chi connectivity index (χ0n) is 13.9. The van der Waals surface area contributed by atoms with Crippen LogP contribution in [0, 0.1) is 11.3 Å². The molecule has 0 spiro atoms. The Bertz CT molecular complexity index is 556. The lowest BCUT2D eigenvalue weighted by Gasteiger charge is -2.39. The largest absolute Gasteiger partial charge is 0.281 e. The first-order valence-corrected chi connectivity index (χ1v) is 10.1. The number of nitrogens with zero attached hydrogens (tertiary/aromatic N) is 3. The lowest BCUT2D eigenvalue weighted by Crippen LogP contribution is -2.47. The van der Waals surface area contributed by atoms with Gasteiger partial charge in [-0.15, -0.1) is 11.3 Å². The van der Waals surface area contributed by atoms with E-state index in [0.29, 0.717) is 32.0 Å². The number of aromatic nitrogens is 1. The molecular formula is C15H27N3O2S2.